The van der Waals surface area contributed by atoms with Gasteiger partial charge in [0.05, 0.1) is 12.3 Å². The average Bonchev–Trinajstić information content (AvgIpc) is 3.18. The summed E-state index contributed by atoms with van der Waals surface area (Å²) >= 11 is 0. The lowest BCUT2D eigenvalue weighted by Crippen LogP contribution is -2.32. The Labute approximate surface area is 125 Å². The molecule has 0 heterocycles. The van der Waals surface area contributed by atoms with Crippen molar-refractivity contribution in [3.05, 3.63) is 23.8 Å². The first-order valence-electron chi connectivity index (χ1n) is 7.31. The lowest BCUT2D eigenvalue weighted by atomic mass is 10.2. The van der Waals surface area contributed by atoms with E-state index >= 15 is 0 Å². The fourth-order valence-corrected chi connectivity index (χ4v) is 1.79. The van der Waals surface area contributed by atoms with Crippen molar-refractivity contribution in [1.29, 1.82) is 0 Å². The summed E-state index contributed by atoms with van der Waals surface area (Å²) in [5.74, 6) is 1.36. The molecule has 1 amide bonds. The highest BCUT2D eigenvalue weighted by Crippen LogP contribution is 2.31. The van der Waals surface area contributed by atoms with Crippen LogP contribution in [0.15, 0.2) is 18.2 Å². The minimum Gasteiger partial charge on any atom is -0.491 e. The second kappa shape index (κ2) is 6.24. The zero-order valence-electron chi connectivity index (χ0n) is 12.9. The first-order chi connectivity index (χ1) is 9.83. The van der Waals surface area contributed by atoms with E-state index in [0.717, 1.165) is 5.56 Å². The summed E-state index contributed by atoms with van der Waals surface area (Å²) in [5, 5.41) is 2.72. The Hall–Kier alpha value is -1.91. The van der Waals surface area contributed by atoms with Crippen molar-refractivity contribution in [3.8, 4) is 5.75 Å². The van der Waals surface area contributed by atoms with E-state index < -0.39 is 11.7 Å². The maximum atomic E-state index is 11.6. The Morgan fingerprint density at radius 1 is 1.38 bits per heavy atom. The first kappa shape index (κ1) is 15.5. The highest BCUT2D eigenvalue weighted by atomic mass is 16.6. The van der Waals surface area contributed by atoms with Crippen LogP contribution in [0.4, 0.5) is 10.5 Å². The molecule has 3 N–H and O–H groups in total. The monoisotopic (exact) mass is 292 g/mol. The molecule has 0 aliphatic heterocycles. The van der Waals surface area contributed by atoms with Gasteiger partial charge in [-0.05, 0) is 57.2 Å². The third-order valence-corrected chi connectivity index (χ3v) is 3.09. The topological polar surface area (TPSA) is 73.6 Å². The number of benzene rings is 1. The van der Waals surface area contributed by atoms with Gasteiger partial charge >= 0.3 is 6.09 Å². The lowest BCUT2D eigenvalue weighted by Gasteiger charge is -2.19. The molecule has 5 nitrogen and oxygen atoms in total. The molecule has 5 heteroatoms. The fraction of sp³-hybridized carbons (Fsp3) is 0.562. The first-order valence-corrected chi connectivity index (χ1v) is 7.31. The van der Waals surface area contributed by atoms with E-state index in [2.05, 4.69) is 5.32 Å². The van der Waals surface area contributed by atoms with Crippen LogP contribution < -0.4 is 15.8 Å². The summed E-state index contributed by atoms with van der Waals surface area (Å²) in [6, 6.07) is 5.54. The summed E-state index contributed by atoms with van der Waals surface area (Å²) in [6.07, 6.45) is 2.04. The highest BCUT2D eigenvalue weighted by Gasteiger charge is 2.22. The van der Waals surface area contributed by atoms with Gasteiger partial charge in [-0.1, -0.05) is 6.07 Å². The average molecular weight is 292 g/mol. The summed E-state index contributed by atoms with van der Waals surface area (Å²) in [5.41, 5.74) is 6.96. The molecule has 1 saturated carbocycles. The van der Waals surface area contributed by atoms with Crippen LogP contribution in [0.3, 0.4) is 0 Å². The van der Waals surface area contributed by atoms with Gasteiger partial charge < -0.3 is 20.5 Å². The third kappa shape index (κ3) is 5.53. The Bertz CT molecular complexity index is 505. The number of carbonyl (C=O) groups excluding carboxylic acids is 1. The molecule has 0 saturated heterocycles. The molecule has 0 bridgehead atoms. The fourth-order valence-electron chi connectivity index (χ4n) is 1.79. The summed E-state index contributed by atoms with van der Waals surface area (Å²) in [4.78, 5) is 11.6. The van der Waals surface area contributed by atoms with Gasteiger partial charge in [0.25, 0.3) is 0 Å². The van der Waals surface area contributed by atoms with Gasteiger partial charge in [-0.25, -0.2) is 4.79 Å². The van der Waals surface area contributed by atoms with Crippen molar-refractivity contribution < 1.29 is 14.3 Å². The molecule has 1 aliphatic carbocycles. The quantitative estimate of drug-likeness (QED) is 0.818. The van der Waals surface area contributed by atoms with Crippen molar-refractivity contribution in [2.75, 3.05) is 12.3 Å². The minimum absolute atomic E-state index is 0.384. The van der Waals surface area contributed by atoms with Crippen LogP contribution in [-0.2, 0) is 11.3 Å². The predicted octanol–water partition coefficient (Wildman–Crippen LogP) is 3.08. The van der Waals surface area contributed by atoms with Gasteiger partial charge in [0, 0.05) is 6.54 Å². The Balaban J connectivity index is 1.87. The smallest absolute Gasteiger partial charge is 0.407 e. The van der Waals surface area contributed by atoms with Gasteiger partial charge in [-0.3, -0.25) is 0 Å². The third-order valence-electron chi connectivity index (χ3n) is 3.09. The number of ether oxygens (including phenoxy) is 2. The molecule has 1 aromatic carbocycles. The van der Waals surface area contributed by atoms with E-state index in [1.54, 1.807) is 6.07 Å². The van der Waals surface area contributed by atoms with Gasteiger partial charge in [0.1, 0.15) is 11.4 Å². The molecular formula is C16H24N2O3. The number of carbonyl (C=O) groups is 1. The van der Waals surface area contributed by atoms with Crippen molar-refractivity contribution in [2.24, 2.45) is 5.92 Å². The van der Waals surface area contributed by atoms with Crippen LogP contribution in [0, 0.1) is 5.92 Å². The zero-order valence-corrected chi connectivity index (χ0v) is 12.9. The number of hydrogen-bond acceptors (Lipinski definition) is 4. The molecule has 21 heavy (non-hydrogen) atoms. The minimum atomic E-state index is -0.496. The van der Waals surface area contributed by atoms with Crippen LogP contribution in [0.25, 0.3) is 0 Å². The van der Waals surface area contributed by atoms with Gasteiger partial charge in [-0.2, -0.15) is 0 Å². The van der Waals surface area contributed by atoms with Crippen molar-refractivity contribution in [2.45, 2.75) is 45.8 Å². The number of nitrogens with one attached hydrogen (secondary N) is 1. The maximum absolute atomic E-state index is 11.6. The van der Waals surface area contributed by atoms with Crippen molar-refractivity contribution in [1.82, 2.24) is 5.32 Å². The number of alkyl carbamates (subject to hydrolysis) is 1. The normalized spacial score (nSPS) is 14.6. The number of anilines is 1. The van der Waals surface area contributed by atoms with E-state index in [-0.39, 0.29) is 0 Å². The number of nitrogens with two attached hydrogens (primary N) is 1. The molecule has 2 rings (SSSR count). The van der Waals surface area contributed by atoms with Crippen LogP contribution in [-0.4, -0.2) is 18.3 Å². The molecule has 1 aliphatic rings. The summed E-state index contributed by atoms with van der Waals surface area (Å²) in [6.45, 7) is 6.60. The highest BCUT2D eigenvalue weighted by molar-refractivity contribution is 5.67. The SMILES string of the molecule is CC(C)(C)OC(=O)NCc1ccc(N)c(OCC2CC2)c1. The second-order valence-corrected chi connectivity index (χ2v) is 6.48. The Kier molecular flexibility index (Phi) is 4.60. The summed E-state index contributed by atoms with van der Waals surface area (Å²) in [7, 11) is 0. The van der Waals surface area contributed by atoms with Gasteiger partial charge in [0.15, 0.2) is 0 Å². The number of amides is 1. The standard InChI is InChI=1S/C16H24N2O3/c1-16(2,3)21-15(19)18-9-12-6-7-13(17)14(8-12)20-10-11-4-5-11/h6-8,11H,4-5,9-10,17H2,1-3H3,(H,18,19). The largest absolute Gasteiger partial charge is 0.491 e. The van der Waals surface area contributed by atoms with Crippen LogP contribution in [0.5, 0.6) is 5.75 Å². The molecule has 0 atom stereocenters. The number of hydrogen-bond donors (Lipinski definition) is 2. The van der Waals surface area contributed by atoms with E-state index in [4.69, 9.17) is 15.2 Å². The zero-order chi connectivity index (χ0) is 15.5. The second-order valence-electron chi connectivity index (χ2n) is 6.48. The molecule has 0 spiro atoms. The van der Waals surface area contributed by atoms with Crippen molar-refractivity contribution >= 4 is 11.8 Å². The van der Waals surface area contributed by atoms with Crippen LogP contribution >= 0.6 is 0 Å². The van der Waals surface area contributed by atoms with E-state index in [9.17, 15) is 4.79 Å². The van der Waals surface area contributed by atoms with Gasteiger partial charge in [0.2, 0.25) is 0 Å². The maximum Gasteiger partial charge on any atom is 0.407 e. The van der Waals surface area contributed by atoms with Gasteiger partial charge in [-0.15, -0.1) is 0 Å². The molecular weight excluding hydrogens is 268 g/mol. The number of nitrogen functional groups attached to an aromatic ring is 1. The summed E-state index contributed by atoms with van der Waals surface area (Å²) < 4.78 is 10.9. The lowest BCUT2D eigenvalue weighted by molar-refractivity contribution is 0.0523. The Morgan fingerprint density at radius 3 is 2.71 bits per heavy atom. The van der Waals surface area contributed by atoms with Crippen LogP contribution in [0.2, 0.25) is 0 Å². The van der Waals surface area contributed by atoms with Crippen molar-refractivity contribution in [3.63, 3.8) is 0 Å². The van der Waals surface area contributed by atoms with E-state index in [0.29, 0.717) is 30.5 Å². The Morgan fingerprint density at radius 2 is 2.10 bits per heavy atom. The molecule has 1 fully saturated rings. The van der Waals surface area contributed by atoms with E-state index in [1.165, 1.54) is 12.8 Å². The molecule has 0 unspecified atom stereocenters. The molecule has 0 radical (unpaired) electrons. The molecule has 1 aromatic rings. The van der Waals surface area contributed by atoms with E-state index in [1.807, 2.05) is 32.9 Å². The number of rotatable bonds is 5. The van der Waals surface area contributed by atoms with Crippen LogP contribution in [0.1, 0.15) is 39.2 Å². The molecule has 0 aromatic heterocycles. The molecule has 116 valence electrons. The predicted molar refractivity (Wildman–Crippen MR) is 82.1 cm³/mol.